The number of hydrogen-bond donors (Lipinski definition) is 0. The molecule has 1 rings (SSSR count). The van der Waals surface area contributed by atoms with Crippen molar-refractivity contribution in [3.05, 3.63) is 0 Å². The summed E-state index contributed by atoms with van der Waals surface area (Å²) in [6, 6.07) is 0. The van der Waals surface area contributed by atoms with Gasteiger partial charge in [0.1, 0.15) is 6.61 Å². The standard InChI is InChI=1S/C18H35NO/c1-10-20-19-16(7)18(9)13(4)11-17(8,12(2)3)14(5)15(18)6/h12-15H,10-11H2,1-9H3/b19-16+. The molecule has 1 saturated carbocycles. The van der Waals surface area contributed by atoms with Crippen LogP contribution in [0.3, 0.4) is 0 Å². The fourth-order valence-electron chi connectivity index (χ4n) is 4.30. The maximum atomic E-state index is 5.33. The highest BCUT2D eigenvalue weighted by molar-refractivity contribution is 5.88. The lowest BCUT2D eigenvalue weighted by Crippen LogP contribution is -2.53. The first-order valence-electron chi connectivity index (χ1n) is 8.29. The smallest absolute Gasteiger partial charge is 0.114 e. The summed E-state index contributed by atoms with van der Waals surface area (Å²) in [7, 11) is 0. The average molecular weight is 281 g/mol. The number of nitrogens with zero attached hydrogens (tertiary/aromatic N) is 1. The largest absolute Gasteiger partial charge is 0.396 e. The molecule has 0 amide bonds. The predicted octanol–water partition coefficient (Wildman–Crippen LogP) is 5.38. The minimum atomic E-state index is 0.142. The van der Waals surface area contributed by atoms with Crippen molar-refractivity contribution in [2.75, 3.05) is 6.61 Å². The Hall–Kier alpha value is -0.530. The summed E-state index contributed by atoms with van der Waals surface area (Å²) in [4.78, 5) is 5.33. The van der Waals surface area contributed by atoms with Gasteiger partial charge in [0.15, 0.2) is 0 Å². The normalized spacial score (nSPS) is 42.9. The Balaban J connectivity index is 3.14. The molecule has 5 unspecified atom stereocenters. The van der Waals surface area contributed by atoms with E-state index >= 15 is 0 Å². The van der Waals surface area contributed by atoms with Crippen LogP contribution in [0.15, 0.2) is 5.16 Å². The molecule has 0 aromatic carbocycles. The van der Waals surface area contributed by atoms with Gasteiger partial charge in [0.25, 0.3) is 0 Å². The van der Waals surface area contributed by atoms with E-state index in [0.717, 1.165) is 11.6 Å². The molecular formula is C18H35NO. The molecule has 5 atom stereocenters. The summed E-state index contributed by atoms with van der Waals surface area (Å²) in [5, 5.41) is 4.38. The Bertz CT molecular complexity index is 362. The van der Waals surface area contributed by atoms with Crippen molar-refractivity contribution in [1.82, 2.24) is 0 Å². The van der Waals surface area contributed by atoms with Gasteiger partial charge in [0, 0.05) is 5.41 Å². The van der Waals surface area contributed by atoms with Gasteiger partial charge in [-0.3, -0.25) is 0 Å². The van der Waals surface area contributed by atoms with E-state index in [-0.39, 0.29) is 5.41 Å². The van der Waals surface area contributed by atoms with Crippen molar-refractivity contribution in [2.45, 2.75) is 68.7 Å². The molecule has 0 saturated heterocycles. The van der Waals surface area contributed by atoms with Crippen LogP contribution in [0.2, 0.25) is 0 Å². The van der Waals surface area contributed by atoms with Crippen molar-refractivity contribution >= 4 is 5.71 Å². The molecule has 1 aliphatic rings. The second-order valence-electron chi connectivity index (χ2n) is 7.72. The van der Waals surface area contributed by atoms with Crippen LogP contribution < -0.4 is 0 Å². The number of oxime groups is 1. The molecule has 0 aromatic heterocycles. The van der Waals surface area contributed by atoms with Crippen molar-refractivity contribution in [3.8, 4) is 0 Å². The fraction of sp³-hybridized carbons (Fsp3) is 0.944. The second kappa shape index (κ2) is 6.07. The quantitative estimate of drug-likeness (QED) is 0.501. The average Bonchev–Trinajstić information content (AvgIpc) is 2.39. The van der Waals surface area contributed by atoms with E-state index in [1.165, 1.54) is 6.42 Å². The Morgan fingerprint density at radius 1 is 1.20 bits per heavy atom. The lowest BCUT2D eigenvalue weighted by Gasteiger charge is -2.57. The van der Waals surface area contributed by atoms with Crippen LogP contribution in [-0.4, -0.2) is 12.3 Å². The van der Waals surface area contributed by atoms with Crippen molar-refractivity contribution in [3.63, 3.8) is 0 Å². The molecule has 1 fully saturated rings. The van der Waals surface area contributed by atoms with E-state index in [2.05, 4.69) is 60.5 Å². The van der Waals surface area contributed by atoms with Crippen molar-refractivity contribution in [2.24, 2.45) is 39.7 Å². The van der Waals surface area contributed by atoms with Gasteiger partial charge in [-0.25, -0.2) is 0 Å². The Kier molecular flexibility index (Phi) is 5.32. The summed E-state index contributed by atoms with van der Waals surface area (Å²) < 4.78 is 0. The SMILES string of the molecule is CCO/N=C(\C)C1(C)C(C)CC(C)(C(C)C)C(C)C1C. The van der Waals surface area contributed by atoms with Gasteiger partial charge in [0.2, 0.25) is 0 Å². The van der Waals surface area contributed by atoms with Gasteiger partial charge < -0.3 is 4.84 Å². The van der Waals surface area contributed by atoms with Crippen molar-refractivity contribution < 1.29 is 4.84 Å². The molecule has 20 heavy (non-hydrogen) atoms. The zero-order valence-corrected chi connectivity index (χ0v) is 15.1. The highest BCUT2D eigenvalue weighted by atomic mass is 16.6. The zero-order chi connectivity index (χ0) is 15.7. The molecule has 0 aliphatic heterocycles. The van der Waals surface area contributed by atoms with Crippen LogP contribution in [0, 0.1) is 34.5 Å². The van der Waals surface area contributed by atoms with Gasteiger partial charge in [-0.1, -0.05) is 53.6 Å². The van der Waals surface area contributed by atoms with E-state index in [1.54, 1.807) is 0 Å². The van der Waals surface area contributed by atoms with E-state index in [1.807, 2.05) is 6.92 Å². The summed E-state index contributed by atoms with van der Waals surface area (Å²) >= 11 is 0. The summed E-state index contributed by atoms with van der Waals surface area (Å²) in [5.74, 6) is 2.65. The van der Waals surface area contributed by atoms with Gasteiger partial charge in [-0.15, -0.1) is 0 Å². The number of hydrogen-bond acceptors (Lipinski definition) is 2. The zero-order valence-electron chi connectivity index (χ0n) is 15.1. The first-order chi connectivity index (χ1) is 9.12. The molecule has 2 nitrogen and oxygen atoms in total. The van der Waals surface area contributed by atoms with E-state index in [9.17, 15) is 0 Å². The van der Waals surface area contributed by atoms with Crippen LogP contribution in [-0.2, 0) is 4.84 Å². The molecule has 1 aliphatic carbocycles. The van der Waals surface area contributed by atoms with Crippen LogP contribution in [0.5, 0.6) is 0 Å². The highest BCUT2D eigenvalue weighted by Crippen LogP contribution is 2.58. The minimum absolute atomic E-state index is 0.142. The van der Waals surface area contributed by atoms with Crippen LogP contribution in [0.25, 0.3) is 0 Å². The molecule has 0 radical (unpaired) electrons. The fourth-order valence-corrected chi connectivity index (χ4v) is 4.30. The van der Waals surface area contributed by atoms with Crippen LogP contribution >= 0.6 is 0 Å². The summed E-state index contributed by atoms with van der Waals surface area (Å²) in [6.45, 7) is 21.6. The summed E-state index contributed by atoms with van der Waals surface area (Å²) in [6.07, 6.45) is 1.27. The first kappa shape index (κ1) is 17.5. The number of rotatable bonds is 4. The molecule has 0 spiro atoms. The third-order valence-corrected chi connectivity index (χ3v) is 6.93. The van der Waals surface area contributed by atoms with E-state index < -0.39 is 0 Å². The molecule has 0 bridgehead atoms. The molecule has 0 N–H and O–H groups in total. The lowest BCUT2D eigenvalue weighted by atomic mass is 9.47. The van der Waals surface area contributed by atoms with E-state index in [4.69, 9.17) is 4.84 Å². The molecule has 0 aromatic rings. The first-order valence-corrected chi connectivity index (χ1v) is 8.29. The Labute approximate surface area is 126 Å². The maximum Gasteiger partial charge on any atom is 0.114 e. The van der Waals surface area contributed by atoms with Crippen LogP contribution in [0.4, 0.5) is 0 Å². The molecule has 118 valence electrons. The molecule has 2 heteroatoms. The van der Waals surface area contributed by atoms with Gasteiger partial charge in [0.05, 0.1) is 5.71 Å². The predicted molar refractivity (Wildman–Crippen MR) is 87.9 cm³/mol. The van der Waals surface area contributed by atoms with Gasteiger partial charge >= 0.3 is 0 Å². The van der Waals surface area contributed by atoms with Gasteiger partial charge in [-0.05, 0) is 49.4 Å². The van der Waals surface area contributed by atoms with Gasteiger partial charge in [-0.2, -0.15) is 0 Å². The van der Waals surface area contributed by atoms with Crippen LogP contribution in [0.1, 0.15) is 68.7 Å². The monoisotopic (exact) mass is 281 g/mol. The minimum Gasteiger partial charge on any atom is -0.396 e. The second-order valence-corrected chi connectivity index (χ2v) is 7.72. The Morgan fingerprint density at radius 2 is 1.75 bits per heavy atom. The maximum absolute atomic E-state index is 5.33. The third-order valence-electron chi connectivity index (χ3n) is 6.93. The Morgan fingerprint density at radius 3 is 2.20 bits per heavy atom. The lowest BCUT2D eigenvalue weighted by molar-refractivity contribution is -0.0543. The topological polar surface area (TPSA) is 21.6 Å². The van der Waals surface area contributed by atoms with Crippen molar-refractivity contribution in [1.29, 1.82) is 0 Å². The van der Waals surface area contributed by atoms with E-state index in [0.29, 0.717) is 29.8 Å². The highest BCUT2D eigenvalue weighted by Gasteiger charge is 2.53. The molecule has 0 heterocycles. The summed E-state index contributed by atoms with van der Waals surface area (Å²) in [5.41, 5.74) is 1.73. The molecular weight excluding hydrogens is 246 g/mol. The third kappa shape index (κ3) is 2.63.